The minimum absolute atomic E-state index is 0.0942. The van der Waals surface area contributed by atoms with E-state index in [0.29, 0.717) is 13.1 Å². The van der Waals surface area contributed by atoms with Crippen LogP contribution >= 0.6 is 0 Å². The smallest absolute Gasteiger partial charge is 0.292 e. The Balaban J connectivity index is 3.15. The third-order valence-corrected chi connectivity index (χ3v) is 3.56. The molecule has 0 saturated carbocycles. The Kier molecular flexibility index (Phi) is 4.97. The van der Waals surface area contributed by atoms with Crippen LogP contribution in [0.3, 0.4) is 0 Å². The molecule has 0 radical (unpaired) electrons. The second-order valence-electron chi connectivity index (χ2n) is 5.14. The number of rotatable bonds is 5. The standard InChI is InChI=1S/C15H20F3NO/c1-5-19(6-2)14(3,4)13(20)11-8-7-9-12(10-11)15(16,17)18/h7-10H,5-6H2,1-4H3. The molecule has 2 nitrogen and oxygen atoms in total. The monoisotopic (exact) mass is 287 g/mol. The minimum atomic E-state index is -4.43. The molecule has 0 bridgehead atoms. The maximum Gasteiger partial charge on any atom is 0.416 e. The van der Waals surface area contributed by atoms with Crippen LogP contribution in [0, 0.1) is 0 Å². The number of halogens is 3. The van der Waals surface area contributed by atoms with E-state index in [2.05, 4.69) is 0 Å². The summed E-state index contributed by atoms with van der Waals surface area (Å²) < 4.78 is 38.1. The highest BCUT2D eigenvalue weighted by molar-refractivity contribution is 6.02. The summed E-state index contributed by atoms with van der Waals surface area (Å²) in [4.78, 5) is 14.4. The average molecular weight is 287 g/mol. The summed E-state index contributed by atoms with van der Waals surface area (Å²) in [5.74, 6) is -0.299. The van der Waals surface area contributed by atoms with Crippen LogP contribution in [-0.2, 0) is 6.18 Å². The number of alkyl halides is 3. The highest BCUT2D eigenvalue weighted by atomic mass is 19.4. The first-order valence-electron chi connectivity index (χ1n) is 6.61. The third kappa shape index (κ3) is 3.39. The number of Topliss-reactive ketones (excluding diaryl/α,β-unsaturated/α-hetero) is 1. The van der Waals surface area contributed by atoms with Gasteiger partial charge in [-0.05, 0) is 39.1 Å². The number of nitrogens with zero attached hydrogens (tertiary/aromatic N) is 1. The lowest BCUT2D eigenvalue weighted by Crippen LogP contribution is -2.49. The van der Waals surface area contributed by atoms with Gasteiger partial charge in [0.25, 0.3) is 0 Å². The SMILES string of the molecule is CCN(CC)C(C)(C)C(=O)c1cccc(C(F)(F)F)c1. The summed E-state index contributed by atoms with van der Waals surface area (Å²) in [6, 6.07) is 4.60. The van der Waals surface area contributed by atoms with Gasteiger partial charge in [0.15, 0.2) is 5.78 Å². The molecule has 0 amide bonds. The predicted molar refractivity (Wildman–Crippen MR) is 72.8 cm³/mol. The van der Waals surface area contributed by atoms with Crippen molar-refractivity contribution in [2.24, 2.45) is 0 Å². The molecule has 0 heterocycles. The van der Waals surface area contributed by atoms with Gasteiger partial charge >= 0.3 is 6.18 Å². The zero-order chi connectivity index (χ0) is 15.6. The molecule has 112 valence electrons. The van der Waals surface area contributed by atoms with E-state index in [1.165, 1.54) is 12.1 Å². The van der Waals surface area contributed by atoms with Gasteiger partial charge in [-0.15, -0.1) is 0 Å². The van der Waals surface area contributed by atoms with E-state index in [4.69, 9.17) is 0 Å². The molecule has 1 rings (SSSR count). The second kappa shape index (κ2) is 5.95. The minimum Gasteiger partial charge on any atom is -0.292 e. The van der Waals surface area contributed by atoms with E-state index < -0.39 is 17.3 Å². The van der Waals surface area contributed by atoms with Crippen LogP contribution in [0.5, 0.6) is 0 Å². The van der Waals surface area contributed by atoms with Gasteiger partial charge in [-0.3, -0.25) is 9.69 Å². The van der Waals surface area contributed by atoms with Crippen molar-refractivity contribution in [2.45, 2.75) is 39.4 Å². The first-order chi connectivity index (χ1) is 9.14. The van der Waals surface area contributed by atoms with Crippen molar-refractivity contribution in [3.63, 3.8) is 0 Å². The number of hydrogen-bond donors (Lipinski definition) is 0. The molecule has 0 aliphatic heterocycles. The Morgan fingerprint density at radius 3 is 2.15 bits per heavy atom. The molecule has 0 saturated heterocycles. The molecule has 1 aromatic rings. The van der Waals surface area contributed by atoms with Crippen LogP contribution in [0.25, 0.3) is 0 Å². The lowest BCUT2D eigenvalue weighted by molar-refractivity contribution is -0.137. The Bertz CT molecular complexity index is 476. The van der Waals surface area contributed by atoms with Crippen molar-refractivity contribution >= 4 is 5.78 Å². The summed E-state index contributed by atoms with van der Waals surface area (Å²) >= 11 is 0. The Labute approximate surface area is 117 Å². The van der Waals surface area contributed by atoms with Gasteiger partial charge in [0.2, 0.25) is 0 Å². The fourth-order valence-corrected chi connectivity index (χ4v) is 2.35. The third-order valence-electron chi connectivity index (χ3n) is 3.56. The highest BCUT2D eigenvalue weighted by Gasteiger charge is 2.35. The van der Waals surface area contributed by atoms with Crippen molar-refractivity contribution in [3.05, 3.63) is 35.4 Å². The first kappa shape index (κ1) is 16.7. The Morgan fingerprint density at radius 1 is 1.15 bits per heavy atom. The van der Waals surface area contributed by atoms with E-state index in [-0.39, 0.29) is 11.3 Å². The van der Waals surface area contributed by atoms with Gasteiger partial charge in [0.1, 0.15) is 0 Å². The molecule has 1 aromatic carbocycles. The summed E-state index contributed by atoms with van der Waals surface area (Å²) in [5.41, 5.74) is -1.52. The van der Waals surface area contributed by atoms with Crippen LogP contribution in [0.15, 0.2) is 24.3 Å². The van der Waals surface area contributed by atoms with Gasteiger partial charge in [-0.2, -0.15) is 13.2 Å². The molecule has 0 spiro atoms. The lowest BCUT2D eigenvalue weighted by atomic mass is 9.90. The van der Waals surface area contributed by atoms with E-state index in [1.54, 1.807) is 13.8 Å². The molecular formula is C15H20F3NO. The summed E-state index contributed by atoms with van der Waals surface area (Å²) in [6.07, 6.45) is -4.43. The molecule has 0 aromatic heterocycles. The maximum absolute atomic E-state index is 12.7. The lowest BCUT2D eigenvalue weighted by Gasteiger charge is -2.35. The number of ketones is 1. The molecule has 0 unspecified atom stereocenters. The molecule has 0 N–H and O–H groups in total. The molecule has 0 atom stereocenters. The maximum atomic E-state index is 12.7. The number of carbonyl (C=O) groups excluding carboxylic acids is 1. The van der Waals surface area contributed by atoms with E-state index in [0.717, 1.165) is 12.1 Å². The highest BCUT2D eigenvalue weighted by Crippen LogP contribution is 2.30. The topological polar surface area (TPSA) is 20.3 Å². The number of hydrogen-bond acceptors (Lipinski definition) is 2. The van der Waals surface area contributed by atoms with E-state index >= 15 is 0 Å². The van der Waals surface area contributed by atoms with Crippen LogP contribution in [0.2, 0.25) is 0 Å². The quantitative estimate of drug-likeness (QED) is 0.763. The van der Waals surface area contributed by atoms with Crippen molar-refractivity contribution in [1.29, 1.82) is 0 Å². The first-order valence-corrected chi connectivity index (χ1v) is 6.61. The molecule has 0 fully saturated rings. The van der Waals surface area contributed by atoms with Crippen molar-refractivity contribution in [1.82, 2.24) is 4.90 Å². The van der Waals surface area contributed by atoms with Gasteiger partial charge in [0.05, 0.1) is 11.1 Å². The largest absolute Gasteiger partial charge is 0.416 e. The average Bonchev–Trinajstić information content (AvgIpc) is 2.38. The van der Waals surface area contributed by atoms with Gasteiger partial charge < -0.3 is 0 Å². The fourth-order valence-electron chi connectivity index (χ4n) is 2.35. The van der Waals surface area contributed by atoms with Crippen LogP contribution in [-0.4, -0.2) is 29.3 Å². The molecular weight excluding hydrogens is 267 g/mol. The normalized spacial score (nSPS) is 12.8. The van der Waals surface area contributed by atoms with Crippen LogP contribution in [0.1, 0.15) is 43.6 Å². The summed E-state index contributed by atoms with van der Waals surface area (Å²) in [6.45, 7) is 8.64. The van der Waals surface area contributed by atoms with E-state index in [9.17, 15) is 18.0 Å². The van der Waals surface area contributed by atoms with Crippen LogP contribution < -0.4 is 0 Å². The molecule has 0 aliphatic carbocycles. The molecule has 5 heteroatoms. The van der Waals surface area contributed by atoms with Gasteiger partial charge in [0, 0.05) is 5.56 Å². The number of likely N-dealkylation sites (N-methyl/N-ethyl adjacent to an activating group) is 1. The summed E-state index contributed by atoms with van der Waals surface area (Å²) in [5, 5.41) is 0. The molecule has 0 aliphatic rings. The van der Waals surface area contributed by atoms with Gasteiger partial charge in [-0.25, -0.2) is 0 Å². The Hall–Kier alpha value is -1.36. The van der Waals surface area contributed by atoms with Crippen molar-refractivity contribution < 1.29 is 18.0 Å². The number of benzene rings is 1. The second-order valence-corrected chi connectivity index (χ2v) is 5.14. The van der Waals surface area contributed by atoms with E-state index in [1.807, 2.05) is 18.7 Å². The van der Waals surface area contributed by atoms with Crippen LogP contribution in [0.4, 0.5) is 13.2 Å². The summed E-state index contributed by atoms with van der Waals surface area (Å²) in [7, 11) is 0. The van der Waals surface area contributed by atoms with Crippen molar-refractivity contribution in [2.75, 3.05) is 13.1 Å². The zero-order valence-corrected chi connectivity index (χ0v) is 12.2. The van der Waals surface area contributed by atoms with Gasteiger partial charge in [-0.1, -0.05) is 26.0 Å². The van der Waals surface area contributed by atoms with Crippen molar-refractivity contribution in [3.8, 4) is 0 Å². The molecule has 20 heavy (non-hydrogen) atoms. The Morgan fingerprint density at radius 2 is 1.70 bits per heavy atom. The predicted octanol–water partition coefficient (Wildman–Crippen LogP) is 4.01. The fraction of sp³-hybridized carbons (Fsp3) is 0.533. The number of carbonyl (C=O) groups is 1. The zero-order valence-electron chi connectivity index (χ0n) is 12.2.